The number of amides is 1. The minimum Gasteiger partial charge on any atom is -0.480 e. The molecule has 2 N–H and O–H groups in total. The minimum absolute atomic E-state index is 0.0846. The second kappa shape index (κ2) is 5.16. The van der Waals surface area contributed by atoms with Crippen molar-refractivity contribution >= 4 is 11.9 Å². The fourth-order valence-electron chi connectivity index (χ4n) is 2.25. The quantitative estimate of drug-likeness (QED) is 0.847. The minimum atomic E-state index is -1.27. The predicted octanol–water partition coefficient (Wildman–Crippen LogP) is 0.933. The highest BCUT2D eigenvalue weighted by atomic mass is 19.1. The van der Waals surface area contributed by atoms with Crippen molar-refractivity contribution in [3.63, 3.8) is 0 Å². The van der Waals surface area contributed by atoms with Crippen molar-refractivity contribution in [2.75, 3.05) is 6.54 Å². The Hall–Kier alpha value is -2.02. The Morgan fingerprint density at radius 3 is 2.55 bits per heavy atom. The largest absolute Gasteiger partial charge is 0.480 e. The maximum Gasteiger partial charge on any atom is 0.326 e. The highest BCUT2D eigenvalue weighted by Crippen LogP contribution is 2.23. The molecule has 0 aromatic heterocycles. The van der Waals surface area contributed by atoms with E-state index in [0.717, 1.165) is 11.0 Å². The van der Waals surface area contributed by atoms with Gasteiger partial charge in [0.1, 0.15) is 17.7 Å². The van der Waals surface area contributed by atoms with E-state index in [4.69, 9.17) is 5.11 Å². The van der Waals surface area contributed by atoms with Gasteiger partial charge in [0.25, 0.3) is 5.91 Å². The summed E-state index contributed by atoms with van der Waals surface area (Å²) in [7, 11) is 0. The van der Waals surface area contributed by atoms with Gasteiger partial charge in [-0.05, 0) is 18.6 Å². The van der Waals surface area contributed by atoms with Crippen molar-refractivity contribution in [2.24, 2.45) is 0 Å². The number of benzene rings is 1. The molecular formula is C13H13F2NO4. The first-order chi connectivity index (χ1) is 9.31. The van der Waals surface area contributed by atoms with E-state index in [1.54, 1.807) is 0 Å². The number of hydrogen-bond acceptors (Lipinski definition) is 3. The summed E-state index contributed by atoms with van der Waals surface area (Å²) in [5.74, 6) is -3.97. The van der Waals surface area contributed by atoms with Gasteiger partial charge in [-0.3, -0.25) is 4.79 Å². The maximum atomic E-state index is 13.7. The van der Waals surface area contributed by atoms with E-state index in [9.17, 15) is 23.5 Å². The molecule has 1 saturated heterocycles. The summed E-state index contributed by atoms with van der Waals surface area (Å²) in [5.41, 5.74) is -0.314. The van der Waals surface area contributed by atoms with Crippen LogP contribution in [0.5, 0.6) is 0 Å². The number of hydrogen-bond donors (Lipinski definition) is 2. The van der Waals surface area contributed by atoms with E-state index in [0.29, 0.717) is 6.07 Å². The summed E-state index contributed by atoms with van der Waals surface area (Å²) in [6.07, 6.45) is -1.08. The summed E-state index contributed by atoms with van der Waals surface area (Å²) < 4.78 is 26.8. The summed E-state index contributed by atoms with van der Waals surface area (Å²) >= 11 is 0. The van der Waals surface area contributed by atoms with Crippen LogP contribution in [0, 0.1) is 18.6 Å². The Balaban J connectivity index is 2.36. The Morgan fingerprint density at radius 2 is 1.95 bits per heavy atom. The molecule has 2 unspecified atom stereocenters. The van der Waals surface area contributed by atoms with Gasteiger partial charge in [0, 0.05) is 19.0 Å². The third kappa shape index (κ3) is 2.49. The van der Waals surface area contributed by atoms with Crippen LogP contribution in [0.15, 0.2) is 12.1 Å². The number of aryl methyl sites for hydroxylation is 1. The van der Waals surface area contributed by atoms with E-state index in [2.05, 4.69) is 0 Å². The third-order valence-corrected chi connectivity index (χ3v) is 3.30. The highest BCUT2D eigenvalue weighted by molar-refractivity contribution is 5.97. The summed E-state index contributed by atoms with van der Waals surface area (Å²) in [6, 6.07) is 0.420. The third-order valence-electron chi connectivity index (χ3n) is 3.30. The number of likely N-dealkylation sites (tertiary alicyclic amines) is 1. The Labute approximate surface area is 113 Å². The number of aliphatic hydroxyl groups excluding tert-OH is 1. The van der Waals surface area contributed by atoms with Crippen LogP contribution in [-0.4, -0.2) is 45.7 Å². The molecule has 1 aliphatic rings. The van der Waals surface area contributed by atoms with E-state index >= 15 is 0 Å². The van der Waals surface area contributed by atoms with E-state index < -0.39 is 41.2 Å². The molecule has 0 aliphatic carbocycles. The summed E-state index contributed by atoms with van der Waals surface area (Å²) in [5, 5.41) is 18.5. The first kappa shape index (κ1) is 14.4. The van der Waals surface area contributed by atoms with E-state index in [1.807, 2.05) is 0 Å². The van der Waals surface area contributed by atoms with Gasteiger partial charge in [-0.15, -0.1) is 0 Å². The zero-order valence-electron chi connectivity index (χ0n) is 10.6. The standard InChI is InChI=1S/C13H13F2NO4/c1-6-2-8(10(15)4-9(6)14)12(18)16-5-7(17)3-11(16)13(19)20/h2,4,7,11,17H,3,5H2,1H3,(H,19,20). The van der Waals surface area contributed by atoms with Crippen molar-refractivity contribution < 1.29 is 28.6 Å². The van der Waals surface area contributed by atoms with Gasteiger partial charge in [0.2, 0.25) is 0 Å². The molecule has 1 amide bonds. The van der Waals surface area contributed by atoms with Gasteiger partial charge >= 0.3 is 5.97 Å². The highest BCUT2D eigenvalue weighted by Gasteiger charge is 2.40. The molecule has 0 spiro atoms. The smallest absolute Gasteiger partial charge is 0.326 e. The zero-order chi connectivity index (χ0) is 15.0. The molecule has 0 bridgehead atoms. The fourth-order valence-corrected chi connectivity index (χ4v) is 2.25. The van der Waals surface area contributed by atoms with Crippen molar-refractivity contribution in [1.29, 1.82) is 0 Å². The number of carboxylic acid groups (broad SMARTS) is 1. The van der Waals surface area contributed by atoms with Gasteiger partial charge in [-0.25, -0.2) is 13.6 Å². The lowest BCUT2D eigenvalue weighted by Crippen LogP contribution is -2.41. The SMILES string of the molecule is Cc1cc(C(=O)N2CC(O)CC2C(=O)O)c(F)cc1F. The maximum absolute atomic E-state index is 13.7. The number of rotatable bonds is 2. The normalized spacial score (nSPS) is 22.1. The van der Waals surface area contributed by atoms with Crippen LogP contribution in [0.1, 0.15) is 22.3 Å². The number of nitrogens with zero attached hydrogens (tertiary/aromatic N) is 1. The van der Waals surface area contributed by atoms with Gasteiger partial charge in [0.15, 0.2) is 0 Å². The van der Waals surface area contributed by atoms with Crippen molar-refractivity contribution in [1.82, 2.24) is 4.90 Å². The van der Waals surface area contributed by atoms with Gasteiger partial charge in [-0.2, -0.15) is 0 Å². The van der Waals surface area contributed by atoms with Gasteiger partial charge in [0.05, 0.1) is 11.7 Å². The fraction of sp³-hybridized carbons (Fsp3) is 0.385. The number of aliphatic hydroxyl groups is 1. The first-order valence-electron chi connectivity index (χ1n) is 5.98. The van der Waals surface area contributed by atoms with Crippen LogP contribution in [0.3, 0.4) is 0 Å². The van der Waals surface area contributed by atoms with E-state index in [-0.39, 0.29) is 18.5 Å². The van der Waals surface area contributed by atoms with Crippen LogP contribution in [0.25, 0.3) is 0 Å². The monoisotopic (exact) mass is 285 g/mol. The number of halogens is 2. The first-order valence-corrected chi connectivity index (χ1v) is 5.98. The molecule has 5 nitrogen and oxygen atoms in total. The molecule has 0 radical (unpaired) electrons. The predicted molar refractivity (Wildman–Crippen MR) is 64.2 cm³/mol. The van der Waals surface area contributed by atoms with Gasteiger partial charge in [-0.1, -0.05) is 0 Å². The molecule has 1 aliphatic heterocycles. The summed E-state index contributed by atoms with van der Waals surface area (Å²) in [6.45, 7) is 1.19. The molecule has 0 saturated carbocycles. The Morgan fingerprint density at radius 1 is 1.30 bits per heavy atom. The van der Waals surface area contributed by atoms with Crippen LogP contribution < -0.4 is 0 Å². The average Bonchev–Trinajstić information content (AvgIpc) is 2.75. The molecule has 1 aromatic carbocycles. The van der Waals surface area contributed by atoms with E-state index in [1.165, 1.54) is 6.92 Å². The van der Waals surface area contributed by atoms with Crippen molar-refractivity contribution in [3.8, 4) is 0 Å². The average molecular weight is 285 g/mol. The van der Waals surface area contributed by atoms with Gasteiger partial charge < -0.3 is 15.1 Å². The molecule has 1 fully saturated rings. The number of carboxylic acids is 1. The van der Waals surface area contributed by atoms with Crippen molar-refractivity contribution in [2.45, 2.75) is 25.5 Å². The van der Waals surface area contributed by atoms with Crippen LogP contribution in [-0.2, 0) is 4.79 Å². The van der Waals surface area contributed by atoms with Crippen molar-refractivity contribution in [3.05, 3.63) is 34.9 Å². The number of carbonyl (C=O) groups is 2. The second-order valence-electron chi connectivity index (χ2n) is 4.78. The zero-order valence-corrected chi connectivity index (χ0v) is 10.6. The number of carbonyl (C=O) groups excluding carboxylic acids is 1. The molecule has 1 aromatic rings. The van der Waals surface area contributed by atoms with Crippen LogP contribution in [0.2, 0.25) is 0 Å². The topological polar surface area (TPSA) is 77.8 Å². The van der Waals surface area contributed by atoms with Crippen LogP contribution >= 0.6 is 0 Å². The molecule has 7 heteroatoms. The summed E-state index contributed by atoms with van der Waals surface area (Å²) in [4.78, 5) is 24.1. The molecule has 108 valence electrons. The Kier molecular flexibility index (Phi) is 3.71. The lowest BCUT2D eigenvalue weighted by Gasteiger charge is -2.21. The molecular weight excluding hydrogens is 272 g/mol. The molecule has 20 heavy (non-hydrogen) atoms. The number of β-amino-alcohol motifs (C(OH)–C–C–N with tert-alkyl or cyclic N) is 1. The number of aliphatic carboxylic acids is 1. The molecule has 2 atom stereocenters. The molecule has 1 heterocycles. The lowest BCUT2D eigenvalue weighted by molar-refractivity contribution is -0.141. The van der Waals surface area contributed by atoms with Crippen LogP contribution in [0.4, 0.5) is 8.78 Å². The second-order valence-corrected chi connectivity index (χ2v) is 4.78. The Bertz CT molecular complexity index is 576. The molecule has 2 rings (SSSR count). The lowest BCUT2D eigenvalue weighted by atomic mass is 10.1.